The number of halogens is 1. The van der Waals surface area contributed by atoms with Crippen LogP contribution in [0.1, 0.15) is 33.1 Å². The van der Waals surface area contributed by atoms with Crippen LogP contribution in [0.3, 0.4) is 0 Å². The normalized spacial score (nSPS) is 33.5. The van der Waals surface area contributed by atoms with E-state index in [2.05, 4.69) is 18.6 Å². The summed E-state index contributed by atoms with van der Waals surface area (Å²) >= 11 is 5.34. The third kappa shape index (κ3) is 2.84. The van der Waals surface area contributed by atoms with Crippen LogP contribution in [-0.2, 0) is 10.0 Å². The van der Waals surface area contributed by atoms with Crippen LogP contribution in [0.5, 0.6) is 0 Å². The molecule has 0 bridgehead atoms. The molecule has 0 aromatic rings. The van der Waals surface area contributed by atoms with Crippen molar-refractivity contribution in [2.45, 2.75) is 39.2 Å². The lowest BCUT2D eigenvalue weighted by atomic mass is 9.94. The van der Waals surface area contributed by atoms with E-state index < -0.39 is 10.0 Å². The zero-order chi connectivity index (χ0) is 10.8. The van der Waals surface area contributed by atoms with E-state index in [1.807, 2.05) is 0 Å². The van der Waals surface area contributed by atoms with E-state index in [4.69, 9.17) is 11.6 Å². The van der Waals surface area contributed by atoms with E-state index in [1.54, 1.807) is 0 Å². The summed E-state index contributed by atoms with van der Waals surface area (Å²) < 4.78 is 25.2. The Morgan fingerprint density at radius 1 is 1.43 bits per heavy atom. The van der Waals surface area contributed by atoms with Crippen LogP contribution in [0.15, 0.2) is 0 Å². The Hall–Kier alpha value is 0.200. The van der Waals surface area contributed by atoms with Crippen molar-refractivity contribution in [3.63, 3.8) is 0 Å². The van der Waals surface area contributed by atoms with Gasteiger partial charge in [-0.2, -0.15) is 0 Å². The number of alkyl halides is 1. The molecule has 0 heterocycles. The Labute approximate surface area is 91.3 Å². The maximum atomic E-state index is 11.3. The monoisotopic (exact) mass is 239 g/mol. The maximum absolute atomic E-state index is 11.3. The molecule has 3 unspecified atom stereocenters. The highest BCUT2D eigenvalue weighted by atomic mass is 35.5. The predicted molar refractivity (Wildman–Crippen MR) is 58.7 cm³/mol. The van der Waals surface area contributed by atoms with Gasteiger partial charge in [0.2, 0.25) is 10.0 Å². The van der Waals surface area contributed by atoms with E-state index in [0.29, 0.717) is 11.8 Å². The highest BCUT2D eigenvalue weighted by molar-refractivity contribution is 7.90. The topological polar surface area (TPSA) is 46.2 Å². The third-order valence-corrected chi connectivity index (χ3v) is 5.04. The van der Waals surface area contributed by atoms with Gasteiger partial charge in [-0.05, 0) is 24.7 Å². The zero-order valence-electron chi connectivity index (χ0n) is 8.66. The standard InChI is InChI=1S/C9H18ClNO2S/c1-3-8-4-5-9(7(8)2)11-14(12,13)6-10/h7-9,11H,3-6H2,1-2H3. The zero-order valence-corrected chi connectivity index (χ0v) is 10.2. The second-order valence-electron chi connectivity index (χ2n) is 4.05. The van der Waals surface area contributed by atoms with Crippen molar-refractivity contribution in [3.05, 3.63) is 0 Å². The Kier molecular flexibility index (Phi) is 4.22. The molecule has 0 aromatic heterocycles. The number of nitrogens with one attached hydrogen (secondary N) is 1. The fraction of sp³-hybridized carbons (Fsp3) is 1.00. The van der Waals surface area contributed by atoms with Gasteiger partial charge in [0.05, 0.1) is 0 Å². The number of hydrogen-bond donors (Lipinski definition) is 1. The molecule has 1 fully saturated rings. The molecule has 1 aliphatic carbocycles. The summed E-state index contributed by atoms with van der Waals surface area (Å²) in [6.07, 6.45) is 3.18. The minimum atomic E-state index is -3.25. The number of hydrogen-bond acceptors (Lipinski definition) is 2. The van der Waals surface area contributed by atoms with Crippen molar-refractivity contribution >= 4 is 21.6 Å². The lowest BCUT2D eigenvalue weighted by Crippen LogP contribution is -2.37. The maximum Gasteiger partial charge on any atom is 0.225 e. The summed E-state index contributed by atoms with van der Waals surface area (Å²) in [4.78, 5) is 0. The number of sulfonamides is 1. The van der Waals surface area contributed by atoms with Gasteiger partial charge >= 0.3 is 0 Å². The van der Waals surface area contributed by atoms with E-state index in [9.17, 15) is 8.42 Å². The van der Waals surface area contributed by atoms with Crippen molar-refractivity contribution in [1.82, 2.24) is 4.72 Å². The van der Waals surface area contributed by atoms with Crippen LogP contribution in [0, 0.1) is 11.8 Å². The van der Waals surface area contributed by atoms with Crippen molar-refractivity contribution in [2.75, 3.05) is 5.21 Å². The SMILES string of the molecule is CCC1CCC(NS(=O)(=O)CCl)C1C. The van der Waals surface area contributed by atoms with Crippen LogP contribution >= 0.6 is 11.6 Å². The molecule has 1 saturated carbocycles. The Bertz CT molecular complexity index is 279. The first-order chi connectivity index (χ1) is 6.50. The smallest absolute Gasteiger partial charge is 0.211 e. The molecule has 0 amide bonds. The summed E-state index contributed by atoms with van der Waals surface area (Å²) in [5.41, 5.74) is 0. The largest absolute Gasteiger partial charge is 0.225 e. The van der Waals surface area contributed by atoms with Gasteiger partial charge in [0.1, 0.15) is 5.21 Å². The minimum Gasteiger partial charge on any atom is -0.211 e. The molecule has 0 saturated heterocycles. The molecule has 1 aliphatic rings. The van der Waals surface area contributed by atoms with Crippen molar-refractivity contribution in [1.29, 1.82) is 0 Å². The van der Waals surface area contributed by atoms with E-state index >= 15 is 0 Å². The van der Waals surface area contributed by atoms with Crippen molar-refractivity contribution < 1.29 is 8.42 Å². The molecular formula is C9H18ClNO2S. The fourth-order valence-corrected chi connectivity index (χ4v) is 3.30. The molecule has 1 rings (SSSR count). The molecule has 84 valence electrons. The molecule has 1 N–H and O–H groups in total. The molecule has 14 heavy (non-hydrogen) atoms. The Balaban J connectivity index is 2.56. The van der Waals surface area contributed by atoms with Crippen molar-refractivity contribution in [2.24, 2.45) is 11.8 Å². The first kappa shape index (κ1) is 12.3. The van der Waals surface area contributed by atoms with Crippen LogP contribution in [0.4, 0.5) is 0 Å². The van der Waals surface area contributed by atoms with Gasteiger partial charge in [0.15, 0.2) is 0 Å². The fourth-order valence-electron chi connectivity index (χ4n) is 2.25. The average molecular weight is 240 g/mol. The highest BCUT2D eigenvalue weighted by Gasteiger charge is 2.33. The number of rotatable bonds is 4. The second kappa shape index (κ2) is 4.81. The first-order valence-electron chi connectivity index (χ1n) is 5.06. The van der Waals surface area contributed by atoms with Crippen LogP contribution in [0.2, 0.25) is 0 Å². The lowest BCUT2D eigenvalue weighted by molar-refractivity contribution is 0.369. The summed E-state index contributed by atoms with van der Waals surface area (Å²) in [6, 6.07) is 0.0868. The summed E-state index contributed by atoms with van der Waals surface area (Å²) in [7, 11) is -3.25. The van der Waals surface area contributed by atoms with E-state index in [0.717, 1.165) is 19.3 Å². The summed E-state index contributed by atoms with van der Waals surface area (Å²) in [5.74, 6) is 1.08. The van der Waals surface area contributed by atoms with Crippen LogP contribution in [0.25, 0.3) is 0 Å². The Morgan fingerprint density at radius 2 is 2.07 bits per heavy atom. The van der Waals surface area contributed by atoms with Crippen molar-refractivity contribution in [3.8, 4) is 0 Å². The highest BCUT2D eigenvalue weighted by Crippen LogP contribution is 2.34. The van der Waals surface area contributed by atoms with Crippen LogP contribution in [-0.4, -0.2) is 19.7 Å². The molecular weight excluding hydrogens is 222 g/mol. The van der Waals surface area contributed by atoms with Gasteiger partial charge in [-0.1, -0.05) is 20.3 Å². The second-order valence-corrected chi connectivity index (χ2v) is 6.39. The summed E-state index contributed by atoms with van der Waals surface area (Å²) in [6.45, 7) is 4.27. The average Bonchev–Trinajstić information content (AvgIpc) is 2.47. The van der Waals surface area contributed by atoms with Gasteiger partial charge in [0, 0.05) is 6.04 Å². The molecule has 3 atom stereocenters. The van der Waals surface area contributed by atoms with Gasteiger partial charge < -0.3 is 0 Å². The molecule has 3 nitrogen and oxygen atoms in total. The Morgan fingerprint density at radius 3 is 2.50 bits per heavy atom. The van der Waals surface area contributed by atoms with E-state index in [-0.39, 0.29) is 11.3 Å². The quantitative estimate of drug-likeness (QED) is 0.762. The van der Waals surface area contributed by atoms with E-state index in [1.165, 1.54) is 0 Å². The molecule has 5 heteroatoms. The molecule has 0 aliphatic heterocycles. The van der Waals surface area contributed by atoms with Gasteiger partial charge in [-0.3, -0.25) is 0 Å². The predicted octanol–water partition coefficient (Wildman–Crippen LogP) is 1.93. The minimum absolute atomic E-state index is 0.0868. The van der Waals surface area contributed by atoms with Gasteiger partial charge in [-0.15, -0.1) is 11.6 Å². The molecule has 0 spiro atoms. The third-order valence-electron chi connectivity index (χ3n) is 3.23. The summed E-state index contributed by atoms with van der Waals surface area (Å²) in [5, 5.41) is -0.340. The van der Waals surface area contributed by atoms with Gasteiger partial charge in [0.25, 0.3) is 0 Å². The van der Waals surface area contributed by atoms with Gasteiger partial charge in [-0.25, -0.2) is 13.1 Å². The molecule has 0 aromatic carbocycles. The lowest BCUT2D eigenvalue weighted by Gasteiger charge is -2.20. The molecule has 0 radical (unpaired) electrons. The van der Waals surface area contributed by atoms with Crippen LogP contribution < -0.4 is 4.72 Å². The first-order valence-corrected chi connectivity index (χ1v) is 7.24.